The van der Waals surface area contributed by atoms with Crippen molar-refractivity contribution in [2.75, 3.05) is 19.8 Å². The highest BCUT2D eigenvalue weighted by molar-refractivity contribution is 7.18. The van der Waals surface area contributed by atoms with Crippen LogP contribution in [0.25, 0.3) is 21.6 Å². The molecule has 4 aromatic rings. The Labute approximate surface area is 225 Å². The second kappa shape index (κ2) is 11.2. The quantitative estimate of drug-likeness (QED) is 0.231. The van der Waals surface area contributed by atoms with E-state index in [-0.39, 0.29) is 5.56 Å². The number of fused-ring (bicyclic) bond motifs is 3. The first kappa shape index (κ1) is 25.6. The van der Waals surface area contributed by atoms with E-state index in [9.17, 15) is 4.79 Å². The first-order valence-corrected chi connectivity index (χ1v) is 14.0. The Hall–Kier alpha value is -3.03. The number of aryl methyl sites for hydroxylation is 4. The summed E-state index contributed by atoms with van der Waals surface area (Å²) in [4.78, 5) is 22.9. The van der Waals surface area contributed by atoms with Gasteiger partial charge in [0.2, 0.25) is 0 Å². The number of aromatic amines is 1. The summed E-state index contributed by atoms with van der Waals surface area (Å²) in [5.41, 5.74) is 3.92. The summed E-state index contributed by atoms with van der Waals surface area (Å²) in [7, 11) is 0. The minimum atomic E-state index is -0.0660. The summed E-state index contributed by atoms with van der Waals surface area (Å²) in [5.74, 6) is 2.63. The van der Waals surface area contributed by atoms with Gasteiger partial charge in [-0.1, -0.05) is 11.6 Å². The molecule has 1 N–H and O–H groups in total. The highest BCUT2D eigenvalue weighted by Gasteiger charge is 2.20. The molecule has 0 atom stereocenters. The van der Waals surface area contributed by atoms with Crippen LogP contribution in [0.2, 0.25) is 5.02 Å². The van der Waals surface area contributed by atoms with Crippen LogP contribution in [0.3, 0.4) is 0 Å². The standard InChI is InChI=1S/C29H31ClN2O4S/c1-4-34-23-16-19(27-31-28(33)25-21-8-5-6-9-24(21)37-29(25)32-27)10-11-22(23)36-13-7-12-35-20-14-17(2)26(30)18(3)15-20/h10-11,14-16H,4-9,12-13H2,1-3H3,(H,31,32,33). The number of nitrogens with one attached hydrogen (secondary N) is 1. The molecule has 0 bridgehead atoms. The summed E-state index contributed by atoms with van der Waals surface area (Å²) in [6.45, 7) is 7.38. The average molecular weight is 539 g/mol. The monoisotopic (exact) mass is 538 g/mol. The average Bonchev–Trinajstić information content (AvgIpc) is 3.27. The molecule has 5 rings (SSSR count). The normalized spacial score (nSPS) is 13.0. The molecule has 2 aromatic carbocycles. The molecular formula is C29H31ClN2O4S. The van der Waals surface area contributed by atoms with E-state index in [1.54, 1.807) is 11.3 Å². The summed E-state index contributed by atoms with van der Waals surface area (Å²) < 4.78 is 17.8. The lowest BCUT2D eigenvalue weighted by molar-refractivity contribution is 0.236. The number of hydrogen-bond acceptors (Lipinski definition) is 6. The number of halogens is 1. The van der Waals surface area contributed by atoms with Crippen LogP contribution in [0.4, 0.5) is 0 Å². The molecule has 6 nitrogen and oxygen atoms in total. The van der Waals surface area contributed by atoms with Crippen molar-refractivity contribution in [3.8, 4) is 28.6 Å². The molecular weight excluding hydrogens is 508 g/mol. The van der Waals surface area contributed by atoms with Crippen LogP contribution in [0.15, 0.2) is 35.1 Å². The molecule has 0 amide bonds. The smallest absolute Gasteiger partial charge is 0.260 e. The number of benzene rings is 2. The van der Waals surface area contributed by atoms with Crippen molar-refractivity contribution in [1.82, 2.24) is 9.97 Å². The van der Waals surface area contributed by atoms with Gasteiger partial charge in [-0.2, -0.15) is 0 Å². The molecule has 0 unspecified atom stereocenters. The maximum Gasteiger partial charge on any atom is 0.260 e. The fraction of sp³-hybridized carbons (Fsp3) is 0.379. The van der Waals surface area contributed by atoms with Crippen LogP contribution < -0.4 is 19.8 Å². The van der Waals surface area contributed by atoms with E-state index in [0.717, 1.165) is 56.9 Å². The van der Waals surface area contributed by atoms with Gasteiger partial charge in [0.05, 0.1) is 25.2 Å². The third-order valence-corrected chi connectivity index (χ3v) is 8.35. The highest BCUT2D eigenvalue weighted by atomic mass is 35.5. The number of H-pyrrole nitrogens is 1. The van der Waals surface area contributed by atoms with Gasteiger partial charge >= 0.3 is 0 Å². The minimum Gasteiger partial charge on any atom is -0.493 e. The number of thiophene rings is 1. The number of rotatable bonds is 9. The number of hydrogen-bond donors (Lipinski definition) is 1. The summed E-state index contributed by atoms with van der Waals surface area (Å²) in [5, 5.41) is 1.54. The number of aromatic nitrogens is 2. The topological polar surface area (TPSA) is 73.4 Å². The van der Waals surface area contributed by atoms with Gasteiger partial charge in [-0.05, 0) is 93.5 Å². The second-order valence-corrected chi connectivity index (χ2v) is 10.8. The zero-order valence-corrected chi connectivity index (χ0v) is 23.0. The SMILES string of the molecule is CCOc1cc(-c2nc3sc4c(c3c(=O)[nH]2)CCCC4)ccc1OCCCOc1cc(C)c(Cl)c(C)c1. The lowest BCUT2D eigenvalue weighted by Gasteiger charge is -2.14. The third-order valence-electron chi connectivity index (χ3n) is 6.57. The molecule has 2 heterocycles. The van der Waals surface area contributed by atoms with Gasteiger partial charge in [-0.25, -0.2) is 4.98 Å². The Morgan fingerprint density at radius 2 is 1.76 bits per heavy atom. The van der Waals surface area contributed by atoms with E-state index in [2.05, 4.69) is 4.98 Å². The molecule has 1 aliphatic carbocycles. The highest BCUT2D eigenvalue weighted by Crippen LogP contribution is 2.36. The Morgan fingerprint density at radius 3 is 2.54 bits per heavy atom. The van der Waals surface area contributed by atoms with Gasteiger partial charge < -0.3 is 19.2 Å². The van der Waals surface area contributed by atoms with Crippen LogP contribution in [-0.4, -0.2) is 29.8 Å². The van der Waals surface area contributed by atoms with Crippen molar-refractivity contribution < 1.29 is 14.2 Å². The van der Waals surface area contributed by atoms with E-state index in [0.29, 0.717) is 43.6 Å². The van der Waals surface area contributed by atoms with Crippen molar-refractivity contribution in [1.29, 1.82) is 0 Å². The molecule has 0 fully saturated rings. The molecule has 8 heteroatoms. The van der Waals surface area contributed by atoms with Crippen LogP contribution in [0.1, 0.15) is 47.8 Å². The van der Waals surface area contributed by atoms with E-state index in [1.807, 2.05) is 51.1 Å². The summed E-state index contributed by atoms with van der Waals surface area (Å²) in [6, 6.07) is 9.56. The van der Waals surface area contributed by atoms with Gasteiger partial charge in [0, 0.05) is 21.9 Å². The summed E-state index contributed by atoms with van der Waals surface area (Å²) >= 11 is 7.89. The van der Waals surface area contributed by atoms with Gasteiger partial charge in [0.25, 0.3) is 5.56 Å². The first-order chi connectivity index (χ1) is 17.9. The van der Waals surface area contributed by atoms with Crippen LogP contribution in [-0.2, 0) is 12.8 Å². The van der Waals surface area contributed by atoms with Crippen LogP contribution in [0.5, 0.6) is 17.2 Å². The molecule has 0 spiro atoms. The third kappa shape index (κ3) is 5.48. The second-order valence-electron chi connectivity index (χ2n) is 9.32. The molecule has 37 heavy (non-hydrogen) atoms. The Balaban J connectivity index is 1.28. The zero-order valence-electron chi connectivity index (χ0n) is 21.4. The molecule has 0 aliphatic heterocycles. The largest absolute Gasteiger partial charge is 0.493 e. The van der Waals surface area contributed by atoms with E-state index in [1.165, 1.54) is 16.9 Å². The Kier molecular flexibility index (Phi) is 7.72. The maximum atomic E-state index is 13.0. The Morgan fingerprint density at radius 1 is 1.00 bits per heavy atom. The molecule has 194 valence electrons. The molecule has 2 aromatic heterocycles. The van der Waals surface area contributed by atoms with E-state index < -0.39 is 0 Å². The fourth-order valence-corrected chi connectivity index (χ4v) is 6.14. The molecule has 0 radical (unpaired) electrons. The van der Waals surface area contributed by atoms with Gasteiger partial charge in [-0.15, -0.1) is 11.3 Å². The van der Waals surface area contributed by atoms with Crippen molar-refractivity contribution in [3.05, 3.63) is 67.3 Å². The number of nitrogens with zero attached hydrogens (tertiary/aromatic N) is 1. The Bertz CT molecular complexity index is 1470. The summed E-state index contributed by atoms with van der Waals surface area (Å²) in [6.07, 6.45) is 5.02. The van der Waals surface area contributed by atoms with Crippen molar-refractivity contribution in [3.63, 3.8) is 0 Å². The fourth-order valence-electron chi connectivity index (χ4n) is 4.76. The van der Waals surface area contributed by atoms with E-state index >= 15 is 0 Å². The molecule has 1 aliphatic rings. The number of ether oxygens (including phenoxy) is 3. The van der Waals surface area contributed by atoms with Gasteiger partial charge in [-0.3, -0.25) is 4.79 Å². The first-order valence-electron chi connectivity index (χ1n) is 12.8. The van der Waals surface area contributed by atoms with E-state index in [4.69, 9.17) is 30.8 Å². The van der Waals surface area contributed by atoms with Crippen LogP contribution in [0, 0.1) is 13.8 Å². The zero-order chi connectivity index (χ0) is 25.9. The lowest BCUT2D eigenvalue weighted by atomic mass is 9.97. The van der Waals surface area contributed by atoms with Crippen molar-refractivity contribution >= 4 is 33.2 Å². The molecule has 0 saturated heterocycles. The maximum absolute atomic E-state index is 13.0. The van der Waals surface area contributed by atoms with Crippen molar-refractivity contribution in [2.45, 2.75) is 52.9 Å². The predicted molar refractivity (Wildman–Crippen MR) is 150 cm³/mol. The van der Waals surface area contributed by atoms with Crippen LogP contribution >= 0.6 is 22.9 Å². The van der Waals surface area contributed by atoms with Gasteiger partial charge in [0.15, 0.2) is 11.5 Å². The van der Waals surface area contributed by atoms with Gasteiger partial charge in [0.1, 0.15) is 16.4 Å². The lowest BCUT2D eigenvalue weighted by Crippen LogP contribution is -2.11. The van der Waals surface area contributed by atoms with Crippen molar-refractivity contribution in [2.24, 2.45) is 0 Å². The molecule has 0 saturated carbocycles. The minimum absolute atomic E-state index is 0.0660. The predicted octanol–water partition coefficient (Wildman–Crippen LogP) is 7.05.